The van der Waals surface area contributed by atoms with Crippen LogP contribution in [0.2, 0.25) is 0 Å². The van der Waals surface area contributed by atoms with Crippen molar-refractivity contribution in [2.75, 3.05) is 6.61 Å². The van der Waals surface area contributed by atoms with Gasteiger partial charge in [0.05, 0.1) is 6.10 Å². The predicted molar refractivity (Wildman–Crippen MR) is 86.3 cm³/mol. The van der Waals surface area contributed by atoms with E-state index < -0.39 is 5.54 Å². The van der Waals surface area contributed by atoms with Gasteiger partial charge in [-0.3, -0.25) is 4.79 Å². The first-order valence-corrected chi connectivity index (χ1v) is 7.14. The molecule has 2 unspecified atom stereocenters. The summed E-state index contributed by atoms with van der Waals surface area (Å²) in [6.07, 6.45) is 0.633. The molecule has 4 nitrogen and oxygen atoms in total. The molecule has 0 aliphatic heterocycles. The lowest BCUT2D eigenvalue weighted by atomic mass is 9.54. The van der Waals surface area contributed by atoms with Crippen LogP contribution in [-0.4, -0.2) is 24.2 Å². The smallest absolute Gasteiger partial charge is 0.241 e. The van der Waals surface area contributed by atoms with Crippen molar-refractivity contribution in [2.24, 2.45) is 11.1 Å². The number of amides is 1. The molecule has 5 heteroatoms. The number of hydrogen-bond acceptors (Lipinski definition) is 3. The van der Waals surface area contributed by atoms with E-state index in [9.17, 15) is 4.79 Å². The Labute approximate surface area is 132 Å². The Bertz CT molecular complexity index is 478. The van der Waals surface area contributed by atoms with Crippen molar-refractivity contribution in [1.29, 1.82) is 0 Å². The van der Waals surface area contributed by atoms with Gasteiger partial charge in [-0.2, -0.15) is 0 Å². The van der Waals surface area contributed by atoms with Gasteiger partial charge in [0.25, 0.3) is 0 Å². The summed E-state index contributed by atoms with van der Waals surface area (Å²) < 4.78 is 5.64. The predicted octanol–water partition coefficient (Wildman–Crippen LogP) is 2.26. The lowest BCUT2D eigenvalue weighted by Gasteiger charge is -2.57. The van der Waals surface area contributed by atoms with E-state index in [0.29, 0.717) is 19.6 Å². The molecule has 0 aromatic heterocycles. The number of nitrogens with one attached hydrogen (secondary N) is 1. The Morgan fingerprint density at radius 1 is 1.38 bits per heavy atom. The molecule has 0 saturated heterocycles. The number of ether oxygens (including phenoxy) is 1. The van der Waals surface area contributed by atoms with Gasteiger partial charge >= 0.3 is 0 Å². The van der Waals surface area contributed by atoms with Crippen LogP contribution >= 0.6 is 12.4 Å². The molecule has 0 radical (unpaired) electrons. The van der Waals surface area contributed by atoms with E-state index in [1.807, 2.05) is 51.1 Å². The largest absolute Gasteiger partial charge is 0.378 e. The Kier molecular flexibility index (Phi) is 5.79. The molecule has 1 aromatic carbocycles. The fraction of sp³-hybridized carbons (Fsp3) is 0.562. The van der Waals surface area contributed by atoms with Crippen molar-refractivity contribution in [3.05, 3.63) is 35.9 Å². The minimum absolute atomic E-state index is 0. The maximum atomic E-state index is 12.4. The van der Waals surface area contributed by atoms with Gasteiger partial charge in [0, 0.05) is 25.0 Å². The van der Waals surface area contributed by atoms with Gasteiger partial charge < -0.3 is 15.8 Å². The molecule has 1 aliphatic carbocycles. The average Bonchev–Trinajstić information content (AvgIpc) is 2.45. The second-order valence-corrected chi connectivity index (χ2v) is 6.01. The van der Waals surface area contributed by atoms with Gasteiger partial charge in [0.2, 0.25) is 5.91 Å². The number of hydrogen-bond donors (Lipinski definition) is 2. The second-order valence-electron chi connectivity index (χ2n) is 6.01. The summed E-state index contributed by atoms with van der Waals surface area (Å²) in [6.45, 7) is 7.11. The average molecular weight is 313 g/mol. The number of carbonyl (C=O) groups is 1. The Hall–Kier alpha value is -1.10. The first-order valence-electron chi connectivity index (χ1n) is 7.14. The third-order valence-electron chi connectivity index (χ3n) is 4.53. The van der Waals surface area contributed by atoms with E-state index >= 15 is 0 Å². The SMILES string of the molecule is CCOC1CC(N)(C(=O)NCc2ccccc2)C1(C)C.Cl. The zero-order valence-corrected chi connectivity index (χ0v) is 13.7. The highest BCUT2D eigenvalue weighted by Gasteiger charge is 2.62. The maximum Gasteiger partial charge on any atom is 0.241 e. The highest BCUT2D eigenvalue weighted by Crippen LogP contribution is 2.49. The van der Waals surface area contributed by atoms with Crippen LogP contribution in [0.1, 0.15) is 32.8 Å². The number of nitrogens with two attached hydrogens (primary N) is 1. The summed E-state index contributed by atoms with van der Waals surface area (Å²) in [4.78, 5) is 12.4. The van der Waals surface area contributed by atoms with Crippen LogP contribution in [-0.2, 0) is 16.1 Å². The highest BCUT2D eigenvalue weighted by molar-refractivity contribution is 5.88. The molecular formula is C16H25ClN2O2. The molecule has 1 aromatic rings. The minimum atomic E-state index is -0.846. The summed E-state index contributed by atoms with van der Waals surface area (Å²) in [6, 6.07) is 9.84. The third-order valence-corrected chi connectivity index (χ3v) is 4.53. The maximum absolute atomic E-state index is 12.4. The van der Waals surface area contributed by atoms with Crippen LogP contribution < -0.4 is 11.1 Å². The lowest BCUT2D eigenvalue weighted by molar-refractivity contribution is -0.170. The van der Waals surface area contributed by atoms with Crippen LogP contribution in [0.3, 0.4) is 0 Å². The number of halogens is 1. The van der Waals surface area contributed by atoms with Crippen LogP contribution in [0.25, 0.3) is 0 Å². The van der Waals surface area contributed by atoms with Gasteiger partial charge in [-0.25, -0.2) is 0 Å². The molecule has 1 aliphatic rings. The molecule has 118 valence electrons. The summed E-state index contributed by atoms with van der Waals surface area (Å²) in [5.41, 5.74) is 6.20. The van der Waals surface area contributed by atoms with E-state index in [1.54, 1.807) is 0 Å². The van der Waals surface area contributed by atoms with Gasteiger partial charge in [-0.15, -0.1) is 12.4 Å². The van der Waals surface area contributed by atoms with Crippen molar-refractivity contribution in [3.8, 4) is 0 Å². The van der Waals surface area contributed by atoms with Gasteiger partial charge in [-0.1, -0.05) is 44.2 Å². The first kappa shape index (κ1) is 18.0. The van der Waals surface area contributed by atoms with Crippen molar-refractivity contribution < 1.29 is 9.53 Å². The standard InChI is InChI=1S/C16H24N2O2.ClH/c1-4-20-13-10-16(17,15(13,2)3)14(19)18-11-12-8-6-5-7-9-12;/h5-9,13H,4,10-11,17H2,1-3H3,(H,18,19);1H. The Balaban J connectivity index is 0.00000220. The molecule has 2 rings (SSSR count). The van der Waals surface area contributed by atoms with Crippen LogP contribution in [0.5, 0.6) is 0 Å². The molecule has 0 spiro atoms. The van der Waals surface area contributed by atoms with Crippen LogP contribution in [0, 0.1) is 5.41 Å². The van der Waals surface area contributed by atoms with Gasteiger partial charge in [0.15, 0.2) is 0 Å². The molecule has 3 N–H and O–H groups in total. The zero-order valence-electron chi connectivity index (χ0n) is 12.9. The van der Waals surface area contributed by atoms with E-state index in [-0.39, 0.29) is 29.8 Å². The molecule has 1 saturated carbocycles. The molecular weight excluding hydrogens is 288 g/mol. The van der Waals surface area contributed by atoms with Crippen molar-refractivity contribution in [1.82, 2.24) is 5.32 Å². The van der Waals surface area contributed by atoms with E-state index in [1.165, 1.54) is 0 Å². The summed E-state index contributed by atoms with van der Waals surface area (Å²) in [7, 11) is 0. The summed E-state index contributed by atoms with van der Waals surface area (Å²) in [5, 5.41) is 2.94. The quantitative estimate of drug-likeness (QED) is 0.876. The summed E-state index contributed by atoms with van der Waals surface area (Å²) in [5.74, 6) is -0.0951. The van der Waals surface area contributed by atoms with Gasteiger partial charge in [-0.05, 0) is 12.5 Å². The molecule has 0 bridgehead atoms. The zero-order chi connectivity index (χ0) is 14.8. The number of benzene rings is 1. The fourth-order valence-corrected chi connectivity index (χ4v) is 2.76. The van der Waals surface area contributed by atoms with E-state index in [0.717, 1.165) is 5.56 Å². The van der Waals surface area contributed by atoms with E-state index in [2.05, 4.69) is 5.32 Å². The monoisotopic (exact) mass is 312 g/mol. The van der Waals surface area contributed by atoms with Crippen molar-refractivity contribution >= 4 is 18.3 Å². The number of rotatable bonds is 5. The normalized spacial score (nSPS) is 26.4. The fourth-order valence-electron chi connectivity index (χ4n) is 2.76. The molecule has 1 amide bonds. The molecule has 21 heavy (non-hydrogen) atoms. The van der Waals surface area contributed by atoms with Crippen molar-refractivity contribution in [2.45, 2.75) is 45.4 Å². The highest BCUT2D eigenvalue weighted by atomic mass is 35.5. The molecule has 1 fully saturated rings. The Morgan fingerprint density at radius 3 is 2.52 bits per heavy atom. The lowest BCUT2D eigenvalue weighted by Crippen LogP contribution is -2.75. The topological polar surface area (TPSA) is 64.3 Å². The van der Waals surface area contributed by atoms with Gasteiger partial charge in [0.1, 0.15) is 5.54 Å². The van der Waals surface area contributed by atoms with E-state index in [4.69, 9.17) is 10.5 Å². The Morgan fingerprint density at radius 2 is 2.00 bits per heavy atom. The first-order chi connectivity index (χ1) is 9.41. The molecule has 0 heterocycles. The second kappa shape index (κ2) is 6.77. The third kappa shape index (κ3) is 3.23. The number of carbonyl (C=O) groups excluding carboxylic acids is 1. The summed E-state index contributed by atoms with van der Waals surface area (Å²) >= 11 is 0. The van der Waals surface area contributed by atoms with Crippen LogP contribution in [0.4, 0.5) is 0 Å². The molecule has 2 atom stereocenters. The van der Waals surface area contributed by atoms with Crippen molar-refractivity contribution in [3.63, 3.8) is 0 Å². The van der Waals surface area contributed by atoms with Crippen LogP contribution in [0.15, 0.2) is 30.3 Å². The minimum Gasteiger partial charge on any atom is -0.378 e.